The van der Waals surface area contributed by atoms with E-state index in [0.29, 0.717) is 0 Å². The zero-order valence-corrected chi connectivity index (χ0v) is 11.7. The summed E-state index contributed by atoms with van der Waals surface area (Å²) in [6.07, 6.45) is 4.57. The summed E-state index contributed by atoms with van der Waals surface area (Å²) in [5.41, 5.74) is 3.52. The quantitative estimate of drug-likeness (QED) is 0.789. The summed E-state index contributed by atoms with van der Waals surface area (Å²) >= 11 is 0. The van der Waals surface area contributed by atoms with Crippen LogP contribution in [0.3, 0.4) is 0 Å². The molecule has 0 fully saturated rings. The summed E-state index contributed by atoms with van der Waals surface area (Å²) in [6, 6.07) is 12.6. The van der Waals surface area contributed by atoms with E-state index in [9.17, 15) is 0 Å². The first-order valence-corrected chi connectivity index (χ1v) is 6.77. The van der Waals surface area contributed by atoms with Gasteiger partial charge in [0.1, 0.15) is 0 Å². The van der Waals surface area contributed by atoms with Crippen molar-refractivity contribution in [3.63, 3.8) is 0 Å². The molecule has 0 aliphatic heterocycles. The molecule has 1 N–H and O–H groups in total. The third-order valence-electron chi connectivity index (χ3n) is 3.65. The molecule has 0 amide bonds. The molecule has 2 aromatic heterocycles. The van der Waals surface area contributed by atoms with Gasteiger partial charge in [-0.2, -0.15) is 5.10 Å². The van der Waals surface area contributed by atoms with Crippen molar-refractivity contribution < 1.29 is 0 Å². The minimum Gasteiger partial charge on any atom is -0.311 e. The maximum absolute atomic E-state index is 4.70. The van der Waals surface area contributed by atoms with Crippen molar-refractivity contribution in [2.75, 3.05) is 7.05 Å². The Labute approximate surface area is 118 Å². The topological polar surface area (TPSA) is 42.7 Å². The molecule has 0 bridgehead atoms. The smallest absolute Gasteiger partial charge is 0.0875 e. The van der Waals surface area contributed by atoms with Crippen LogP contribution < -0.4 is 5.32 Å². The van der Waals surface area contributed by atoms with E-state index in [1.807, 2.05) is 37.2 Å². The van der Waals surface area contributed by atoms with E-state index in [2.05, 4.69) is 40.6 Å². The second-order valence-corrected chi connectivity index (χ2v) is 4.93. The van der Waals surface area contributed by atoms with Gasteiger partial charge in [-0.25, -0.2) is 0 Å². The zero-order valence-electron chi connectivity index (χ0n) is 11.7. The fraction of sp³-hybridized carbons (Fsp3) is 0.250. The van der Waals surface area contributed by atoms with Crippen molar-refractivity contribution in [2.24, 2.45) is 7.05 Å². The van der Waals surface area contributed by atoms with Gasteiger partial charge in [-0.05, 0) is 37.2 Å². The number of hydrogen-bond acceptors (Lipinski definition) is 3. The van der Waals surface area contributed by atoms with E-state index in [1.54, 1.807) is 0 Å². The number of fused-ring (bicyclic) bond motifs is 1. The molecular formula is C16H18N4. The van der Waals surface area contributed by atoms with Crippen molar-refractivity contribution in [2.45, 2.75) is 12.5 Å². The van der Waals surface area contributed by atoms with Gasteiger partial charge in [0.15, 0.2) is 0 Å². The Morgan fingerprint density at radius 3 is 2.65 bits per heavy atom. The summed E-state index contributed by atoms with van der Waals surface area (Å²) < 4.78 is 1.95. The maximum Gasteiger partial charge on any atom is 0.0875 e. The fourth-order valence-corrected chi connectivity index (χ4v) is 2.59. The van der Waals surface area contributed by atoms with Gasteiger partial charge in [0.25, 0.3) is 0 Å². The Morgan fingerprint density at radius 2 is 1.90 bits per heavy atom. The summed E-state index contributed by atoms with van der Waals surface area (Å²) in [4.78, 5) is 4.07. The first-order valence-electron chi connectivity index (χ1n) is 6.77. The van der Waals surface area contributed by atoms with E-state index in [1.165, 1.54) is 10.9 Å². The van der Waals surface area contributed by atoms with Gasteiger partial charge in [-0.15, -0.1) is 0 Å². The summed E-state index contributed by atoms with van der Waals surface area (Å²) in [7, 11) is 3.97. The Morgan fingerprint density at radius 1 is 1.15 bits per heavy atom. The van der Waals surface area contributed by atoms with Gasteiger partial charge in [-0.3, -0.25) is 9.67 Å². The number of benzene rings is 1. The molecule has 0 saturated heterocycles. The van der Waals surface area contributed by atoms with Crippen molar-refractivity contribution in [3.8, 4) is 0 Å². The number of rotatable bonds is 4. The molecule has 0 saturated carbocycles. The molecule has 1 atom stereocenters. The van der Waals surface area contributed by atoms with Gasteiger partial charge < -0.3 is 5.32 Å². The molecule has 0 spiro atoms. The van der Waals surface area contributed by atoms with Gasteiger partial charge in [0.2, 0.25) is 0 Å². The van der Waals surface area contributed by atoms with Gasteiger partial charge >= 0.3 is 0 Å². The number of hydrogen-bond donors (Lipinski definition) is 1. The number of pyridine rings is 1. The summed E-state index contributed by atoms with van der Waals surface area (Å²) in [5, 5.41) is 9.28. The lowest BCUT2D eigenvalue weighted by Crippen LogP contribution is -2.19. The molecule has 102 valence electrons. The third kappa shape index (κ3) is 2.30. The molecule has 1 unspecified atom stereocenters. The van der Waals surface area contributed by atoms with Crippen LogP contribution in [0.15, 0.2) is 48.8 Å². The largest absolute Gasteiger partial charge is 0.311 e. The Balaban J connectivity index is 1.99. The predicted molar refractivity (Wildman–Crippen MR) is 80.5 cm³/mol. The average Bonchev–Trinajstić information content (AvgIpc) is 2.84. The first-order chi connectivity index (χ1) is 9.79. The van der Waals surface area contributed by atoms with E-state index in [4.69, 9.17) is 5.10 Å². The van der Waals surface area contributed by atoms with E-state index >= 15 is 0 Å². The van der Waals surface area contributed by atoms with Crippen molar-refractivity contribution in [1.82, 2.24) is 20.1 Å². The Bertz CT molecular complexity index is 703. The van der Waals surface area contributed by atoms with Crippen molar-refractivity contribution >= 4 is 10.9 Å². The SMILES string of the molecule is CNC(Cc1ccncc1)c1nn(C)c2ccccc12. The Hall–Kier alpha value is -2.20. The highest BCUT2D eigenvalue weighted by atomic mass is 15.3. The van der Waals surface area contributed by atoms with Crippen molar-refractivity contribution in [3.05, 3.63) is 60.0 Å². The number of para-hydroxylation sites is 1. The lowest BCUT2D eigenvalue weighted by atomic mass is 10.0. The normalized spacial score (nSPS) is 12.7. The number of aromatic nitrogens is 3. The lowest BCUT2D eigenvalue weighted by Gasteiger charge is -2.14. The van der Waals surface area contributed by atoms with Crippen LogP contribution in [0.1, 0.15) is 17.3 Å². The first kappa shape index (κ1) is 12.8. The molecular weight excluding hydrogens is 248 g/mol. The number of likely N-dealkylation sites (N-methyl/N-ethyl adjacent to an activating group) is 1. The second kappa shape index (κ2) is 5.43. The molecule has 20 heavy (non-hydrogen) atoms. The molecule has 4 heteroatoms. The molecule has 0 aliphatic rings. The highest BCUT2D eigenvalue weighted by molar-refractivity contribution is 5.82. The standard InChI is InChI=1S/C16H18N4/c1-17-14(11-12-7-9-18-10-8-12)16-13-5-3-4-6-15(13)20(2)19-16/h3-10,14,17H,11H2,1-2H3. The molecule has 3 aromatic rings. The minimum atomic E-state index is 0.198. The summed E-state index contributed by atoms with van der Waals surface area (Å²) in [6.45, 7) is 0. The van der Waals surface area contributed by atoms with Crippen LogP contribution in [0.5, 0.6) is 0 Å². The highest BCUT2D eigenvalue weighted by Crippen LogP contribution is 2.25. The number of aryl methyl sites for hydroxylation is 1. The van der Waals surface area contributed by atoms with E-state index in [-0.39, 0.29) is 6.04 Å². The Kier molecular flexibility index (Phi) is 3.48. The van der Waals surface area contributed by atoms with Crippen molar-refractivity contribution in [1.29, 1.82) is 0 Å². The lowest BCUT2D eigenvalue weighted by molar-refractivity contribution is 0.566. The molecule has 0 radical (unpaired) electrons. The molecule has 3 rings (SSSR count). The molecule has 0 aliphatic carbocycles. The average molecular weight is 266 g/mol. The predicted octanol–water partition coefficient (Wildman–Crippen LogP) is 2.47. The van der Waals surface area contributed by atoms with Gasteiger partial charge in [0.05, 0.1) is 17.3 Å². The number of nitrogens with zero attached hydrogens (tertiary/aromatic N) is 3. The van der Waals surface area contributed by atoms with Crippen LogP contribution in [0.4, 0.5) is 0 Å². The molecule has 4 nitrogen and oxygen atoms in total. The second-order valence-electron chi connectivity index (χ2n) is 4.93. The van der Waals surface area contributed by atoms with Gasteiger partial charge in [-0.1, -0.05) is 18.2 Å². The van der Waals surface area contributed by atoms with Crippen LogP contribution in [0.2, 0.25) is 0 Å². The third-order valence-corrected chi connectivity index (χ3v) is 3.65. The summed E-state index contributed by atoms with van der Waals surface area (Å²) in [5.74, 6) is 0. The highest BCUT2D eigenvalue weighted by Gasteiger charge is 2.17. The molecule has 2 heterocycles. The monoisotopic (exact) mass is 266 g/mol. The number of nitrogens with one attached hydrogen (secondary N) is 1. The maximum atomic E-state index is 4.70. The van der Waals surface area contributed by atoms with Gasteiger partial charge in [0, 0.05) is 24.8 Å². The zero-order chi connectivity index (χ0) is 13.9. The van der Waals surface area contributed by atoms with Crippen LogP contribution >= 0.6 is 0 Å². The minimum absolute atomic E-state index is 0.198. The van der Waals surface area contributed by atoms with Crippen LogP contribution in [0.25, 0.3) is 10.9 Å². The fourth-order valence-electron chi connectivity index (χ4n) is 2.59. The van der Waals surface area contributed by atoms with Crippen LogP contribution in [0, 0.1) is 0 Å². The molecule has 1 aromatic carbocycles. The van der Waals surface area contributed by atoms with Crippen LogP contribution in [-0.4, -0.2) is 21.8 Å². The van der Waals surface area contributed by atoms with Crippen LogP contribution in [-0.2, 0) is 13.5 Å². The van der Waals surface area contributed by atoms with E-state index < -0.39 is 0 Å². The van der Waals surface area contributed by atoms with E-state index in [0.717, 1.165) is 17.6 Å².